The number of carbonyl (C=O) groups is 1. The molecule has 2 saturated heterocycles. The zero-order chi connectivity index (χ0) is 16.6. The Kier molecular flexibility index (Phi) is 3.23. The van der Waals surface area contributed by atoms with Gasteiger partial charge in [-0.3, -0.25) is 0 Å². The summed E-state index contributed by atoms with van der Waals surface area (Å²) in [7, 11) is -0.147. The molecule has 1 spiro atoms. The molecule has 2 heterocycles. The second kappa shape index (κ2) is 4.41. The monoisotopic (exact) mass is 309 g/mol. The minimum atomic E-state index is -0.436. The van der Waals surface area contributed by atoms with Crippen molar-refractivity contribution >= 4 is 13.2 Å². The van der Waals surface area contributed by atoms with Gasteiger partial charge in [0.25, 0.3) is 0 Å². The van der Waals surface area contributed by atoms with Crippen molar-refractivity contribution < 1.29 is 18.8 Å². The minimum absolute atomic E-state index is 0.147. The Labute approximate surface area is 133 Å². The molecule has 0 aromatic rings. The van der Waals surface area contributed by atoms with Crippen LogP contribution in [0.3, 0.4) is 0 Å². The highest BCUT2D eigenvalue weighted by atomic mass is 16.7. The van der Waals surface area contributed by atoms with Crippen molar-refractivity contribution in [3.63, 3.8) is 0 Å². The predicted octanol–water partition coefficient (Wildman–Crippen LogP) is 3.09. The molecule has 5 nitrogen and oxygen atoms in total. The van der Waals surface area contributed by atoms with E-state index >= 15 is 0 Å². The van der Waals surface area contributed by atoms with Gasteiger partial charge in [-0.2, -0.15) is 0 Å². The van der Waals surface area contributed by atoms with Gasteiger partial charge in [0.15, 0.2) is 0 Å². The van der Waals surface area contributed by atoms with Crippen LogP contribution in [0.2, 0.25) is 5.82 Å². The number of ether oxygens (including phenoxy) is 1. The predicted molar refractivity (Wildman–Crippen MR) is 84.7 cm³/mol. The zero-order valence-electron chi connectivity index (χ0n) is 14.9. The molecule has 0 radical (unpaired) electrons. The molecular formula is C16H28BNO4. The molecular weight excluding hydrogens is 281 g/mol. The van der Waals surface area contributed by atoms with Gasteiger partial charge in [0.1, 0.15) is 5.60 Å². The van der Waals surface area contributed by atoms with Gasteiger partial charge in [0, 0.05) is 24.3 Å². The van der Waals surface area contributed by atoms with Gasteiger partial charge in [-0.1, -0.05) is 0 Å². The molecule has 0 bridgehead atoms. The lowest BCUT2D eigenvalue weighted by Gasteiger charge is -2.41. The van der Waals surface area contributed by atoms with Gasteiger partial charge in [-0.15, -0.1) is 0 Å². The van der Waals surface area contributed by atoms with Crippen LogP contribution in [0, 0.1) is 5.41 Å². The first kappa shape index (κ1) is 16.1. The normalized spacial score (nSPS) is 31.1. The summed E-state index contributed by atoms with van der Waals surface area (Å²) in [6.45, 7) is 15.5. The van der Waals surface area contributed by atoms with Gasteiger partial charge in [0.2, 0.25) is 0 Å². The summed E-state index contributed by atoms with van der Waals surface area (Å²) in [4.78, 5) is 13.8. The second-order valence-electron chi connectivity index (χ2n) is 9.13. The average Bonchev–Trinajstić information content (AvgIpc) is 2.92. The number of carbonyl (C=O) groups excluding carboxylic acids is 1. The number of amides is 1. The first-order valence-electron chi connectivity index (χ1n) is 8.19. The van der Waals surface area contributed by atoms with E-state index in [2.05, 4.69) is 27.7 Å². The first-order chi connectivity index (χ1) is 9.85. The summed E-state index contributed by atoms with van der Waals surface area (Å²) in [6.07, 6.45) is 0.862. The molecule has 1 atom stereocenters. The smallest absolute Gasteiger partial charge is 0.444 e. The van der Waals surface area contributed by atoms with Gasteiger partial charge >= 0.3 is 13.2 Å². The van der Waals surface area contributed by atoms with E-state index in [1.807, 2.05) is 20.8 Å². The Morgan fingerprint density at radius 2 is 1.64 bits per heavy atom. The lowest BCUT2D eigenvalue weighted by molar-refractivity contribution is -0.00669. The van der Waals surface area contributed by atoms with Crippen LogP contribution in [0.25, 0.3) is 0 Å². The molecule has 22 heavy (non-hydrogen) atoms. The molecule has 0 aromatic heterocycles. The van der Waals surface area contributed by atoms with Gasteiger partial charge in [0.05, 0.1) is 11.2 Å². The summed E-state index contributed by atoms with van der Waals surface area (Å²) < 4.78 is 17.7. The molecule has 6 heteroatoms. The van der Waals surface area contributed by atoms with E-state index in [-0.39, 0.29) is 29.8 Å². The Morgan fingerprint density at radius 1 is 1.14 bits per heavy atom. The molecule has 1 unspecified atom stereocenters. The molecule has 3 aliphatic rings. The van der Waals surface area contributed by atoms with E-state index in [0.717, 1.165) is 19.5 Å². The maximum atomic E-state index is 12.0. The molecule has 1 amide bonds. The molecule has 2 aliphatic heterocycles. The van der Waals surface area contributed by atoms with Crippen LogP contribution >= 0.6 is 0 Å². The van der Waals surface area contributed by atoms with Gasteiger partial charge < -0.3 is 18.9 Å². The summed E-state index contributed by atoms with van der Waals surface area (Å²) in [5.41, 5.74) is -0.807. The quantitative estimate of drug-likeness (QED) is 0.698. The Morgan fingerprint density at radius 3 is 2.09 bits per heavy atom. The third kappa shape index (κ3) is 2.54. The number of likely N-dealkylation sites (tertiary alicyclic amines) is 1. The van der Waals surface area contributed by atoms with Crippen LogP contribution in [0.4, 0.5) is 4.79 Å². The van der Waals surface area contributed by atoms with Crippen LogP contribution in [0.1, 0.15) is 54.9 Å². The summed E-state index contributed by atoms with van der Waals surface area (Å²) in [5.74, 6) is 0.396. The fourth-order valence-corrected chi connectivity index (χ4v) is 3.35. The lowest BCUT2D eigenvalue weighted by atomic mass is 9.74. The highest BCUT2D eigenvalue weighted by Crippen LogP contribution is 2.66. The molecule has 1 aliphatic carbocycles. The second-order valence-corrected chi connectivity index (χ2v) is 9.13. The fraction of sp³-hybridized carbons (Fsp3) is 0.938. The number of rotatable bonds is 1. The van der Waals surface area contributed by atoms with Crippen molar-refractivity contribution in [3.05, 3.63) is 0 Å². The molecule has 1 saturated carbocycles. The van der Waals surface area contributed by atoms with E-state index in [4.69, 9.17) is 14.0 Å². The standard InChI is InChI=1S/C16H28BNO4/c1-13(2,3)20-12(19)18-9-16(10-18)8-11(16)17-21-14(4,5)15(6,7)22-17/h11H,8-10H2,1-7H3. The summed E-state index contributed by atoms with van der Waals surface area (Å²) in [5, 5.41) is 0. The van der Waals surface area contributed by atoms with Gasteiger partial charge in [-0.05, 0) is 54.9 Å². The lowest BCUT2D eigenvalue weighted by Crippen LogP contribution is -2.54. The van der Waals surface area contributed by atoms with Crippen LogP contribution in [0.5, 0.6) is 0 Å². The summed E-state index contributed by atoms with van der Waals surface area (Å²) >= 11 is 0. The van der Waals surface area contributed by atoms with Crippen molar-refractivity contribution in [3.8, 4) is 0 Å². The van der Waals surface area contributed by atoms with E-state index in [9.17, 15) is 4.79 Å². The van der Waals surface area contributed by atoms with Crippen molar-refractivity contribution in [2.75, 3.05) is 13.1 Å². The van der Waals surface area contributed by atoms with Crippen LogP contribution in [-0.2, 0) is 14.0 Å². The summed E-state index contributed by atoms with van der Waals surface area (Å²) in [6, 6.07) is 0. The zero-order valence-corrected chi connectivity index (χ0v) is 14.9. The Hall–Kier alpha value is -0.745. The Bertz CT molecular complexity index is 475. The topological polar surface area (TPSA) is 48.0 Å². The first-order valence-corrected chi connectivity index (χ1v) is 8.19. The molecule has 124 valence electrons. The third-order valence-corrected chi connectivity index (χ3v) is 5.52. The van der Waals surface area contributed by atoms with Crippen molar-refractivity contribution in [1.29, 1.82) is 0 Å². The molecule has 3 rings (SSSR count). The SMILES string of the molecule is CC(C)(C)OC(=O)N1CC2(CC2B2OC(C)(C)C(C)(C)O2)C1. The average molecular weight is 309 g/mol. The van der Waals surface area contributed by atoms with E-state index in [0.29, 0.717) is 5.82 Å². The minimum Gasteiger partial charge on any atom is -0.444 e. The molecule has 3 fully saturated rings. The van der Waals surface area contributed by atoms with Crippen LogP contribution in [-0.4, -0.2) is 48.0 Å². The Balaban J connectivity index is 1.54. The van der Waals surface area contributed by atoms with Crippen molar-refractivity contribution in [2.24, 2.45) is 5.41 Å². The number of nitrogens with zero attached hydrogens (tertiary/aromatic N) is 1. The molecule has 0 aromatic carbocycles. The van der Waals surface area contributed by atoms with Crippen LogP contribution < -0.4 is 0 Å². The molecule has 0 N–H and O–H groups in total. The maximum absolute atomic E-state index is 12.0. The maximum Gasteiger partial charge on any atom is 0.461 e. The largest absolute Gasteiger partial charge is 0.461 e. The fourth-order valence-electron chi connectivity index (χ4n) is 3.35. The highest BCUT2D eigenvalue weighted by Gasteiger charge is 2.71. The van der Waals surface area contributed by atoms with E-state index in [1.54, 1.807) is 4.90 Å². The number of hydrogen-bond acceptors (Lipinski definition) is 4. The third-order valence-electron chi connectivity index (χ3n) is 5.52. The van der Waals surface area contributed by atoms with E-state index in [1.165, 1.54) is 0 Å². The van der Waals surface area contributed by atoms with Crippen LogP contribution in [0.15, 0.2) is 0 Å². The van der Waals surface area contributed by atoms with Crippen molar-refractivity contribution in [1.82, 2.24) is 4.90 Å². The van der Waals surface area contributed by atoms with Gasteiger partial charge in [-0.25, -0.2) is 4.79 Å². The van der Waals surface area contributed by atoms with E-state index < -0.39 is 5.60 Å². The number of hydrogen-bond donors (Lipinski definition) is 0. The van der Waals surface area contributed by atoms with Crippen molar-refractivity contribution in [2.45, 2.75) is 77.5 Å². The highest BCUT2D eigenvalue weighted by molar-refractivity contribution is 6.49.